The second-order valence-electron chi connectivity index (χ2n) is 4.77. The van der Waals surface area contributed by atoms with Crippen LogP contribution in [0.25, 0.3) is 0 Å². The van der Waals surface area contributed by atoms with Gasteiger partial charge in [-0.3, -0.25) is 0 Å². The largest absolute Gasteiger partial charge is 0.376 e. The highest BCUT2D eigenvalue weighted by atomic mass is 32.1. The molecule has 94 valence electrons. The average molecular weight is 251 g/mol. The molecule has 1 aliphatic carbocycles. The van der Waals surface area contributed by atoms with Gasteiger partial charge in [0, 0.05) is 16.3 Å². The second-order valence-corrected chi connectivity index (χ2v) is 6.02. The third-order valence-corrected chi connectivity index (χ3v) is 4.49. The minimum atomic E-state index is 0.634. The molecule has 2 unspecified atom stereocenters. The Labute approximate surface area is 107 Å². The van der Waals surface area contributed by atoms with Gasteiger partial charge in [0.2, 0.25) is 0 Å². The topological polar surface area (TPSA) is 35.2 Å². The molecule has 3 heteroatoms. The molecule has 0 bridgehead atoms. The normalized spacial score (nSPS) is 24.1. The number of ether oxygens (including phenoxy) is 1. The van der Waals surface area contributed by atoms with E-state index in [1.54, 1.807) is 11.3 Å². The molecule has 0 spiro atoms. The van der Waals surface area contributed by atoms with Crippen molar-refractivity contribution in [3.63, 3.8) is 0 Å². The van der Waals surface area contributed by atoms with Crippen molar-refractivity contribution in [2.45, 2.75) is 32.9 Å². The summed E-state index contributed by atoms with van der Waals surface area (Å²) >= 11 is 1.76. The van der Waals surface area contributed by atoms with E-state index in [0.29, 0.717) is 12.5 Å². The maximum absolute atomic E-state index is 5.82. The van der Waals surface area contributed by atoms with Crippen LogP contribution in [0.1, 0.15) is 29.5 Å². The summed E-state index contributed by atoms with van der Waals surface area (Å²) in [4.78, 5) is 2.52. The minimum Gasteiger partial charge on any atom is -0.376 e. The van der Waals surface area contributed by atoms with Crippen LogP contribution in [0, 0.1) is 11.8 Å². The number of hydrogen-bond acceptors (Lipinski definition) is 3. The first kappa shape index (κ1) is 12.8. The van der Waals surface area contributed by atoms with Gasteiger partial charge in [-0.1, -0.05) is 19.1 Å². The Morgan fingerprint density at radius 3 is 2.76 bits per heavy atom. The van der Waals surface area contributed by atoms with Gasteiger partial charge in [-0.15, -0.1) is 11.3 Å². The smallest absolute Gasteiger partial charge is 0.0809 e. The minimum absolute atomic E-state index is 0.634. The quantitative estimate of drug-likeness (QED) is 0.815. The molecule has 0 fully saturated rings. The van der Waals surface area contributed by atoms with Gasteiger partial charge in [0.1, 0.15) is 0 Å². The summed E-state index contributed by atoms with van der Waals surface area (Å²) in [6.07, 6.45) is 6.93. The van der Waals surface area contributed by atoms with Crippen LogP contribution in [-0.4, -0.2) is 6.61 Å². The van der Waals surface area contributed by atoms with E-state index in [4.69, 9.17) is 10.5 Å². The van der Waals surface area contributed by atoms with E-state index < -0.39 is 0 Å². The third-order valence-electron chi connectivity index (χ3n) is 3.41. The summed E-state index contributed by atoms with van der Waals surface area (Å²) in [6, 6.07) is 4.21. The zero-order valence-corrected chi connectivity index (χ0v) is 11.2. The van der Waals surface area contributed by atoms with Crippen molar-refractivity contribution in [1.29, 1.82) is 0 Å². The van der Waals surface area contributed by atoms with Gasteiger partial charge in [-0.25, -0.2) is 0 Å². The van der Waals surface area contributed by atoms with Gasteiger partial charge in [0.25, 0.3) is 0 Å². The fraction of sp³-hybridized carbons (Fsp3) is 0.571. The van der Waals surface area contributed by atoms with Crippen molar-refractivity contribution < 1.29 is 4.74 Å². The molecule has 1 aromatic heterocycles. The molecule has 1 heterocycles. The summed E-state index contributed by atoms with van der Waals surface area (Å²) in [5.41, 5.74) is 5.59. The summed E-state index contributed by atoms with van der Waals surface area (Å²) in [7, 11) is 0. The van der Waals surface area contributed by atoms with Crippen LogP contribution in [0.15, 0.2) is 24.3 Å². The zero-order chi connectivity index (χ0) is 12.1. The molecule has 0 radical (unpaired) electrons. The van der Waals surface area contributed by atoms with E-state index in [2.05, 4.69) is 31.2 Å². The van der Waals surface area contributed by atoms with Gasteiger partial charge in [-0.2, -0.15) is 0 Å². The first-order valence-corrected chi connectivity index (χ1v) is 7.11. The van der Waals surface area contributed by atoms with E-state index in [-0.39, 0.29) is 0 Å². The average Bonchev–Trinajstić information content (AvgIpc) is 2.80. The van der Waals surface area contributed by atoms with Gasteiger partial charge < -0.3 is 10.5 Å². The van der Waals surface area contributed by atoms with E-state index in [1.807, 2.05) is 0 Å². The van der Waals surface area contributed by atoms with Crippen LogP contribution in [0.4, 0.5) is 0 Å². The Kier molecular flexibility index (Phi) is 4.77. The first-order valence-electron chi connectivity index (χ1n) is 6.30. The first-order chi connectivity index (χ1) is 8.29. The lowest BCUT2D eigenvalue weighted by Gasteiger charge is -2.24. The summed E-state index contributed by atoms with van der Waals surface area (Å²) < 4.78 is 5.82. The molecule has 2 rings (SSSR count). The molecule has 2 atom stereocenters. The highest BCUT2D eigenvalue weighted by molar-refractivity contribution is 7.11. The van der Waals surface area contributed by atoms with Gasteiger partial charge >= 0.3 is 0 Å². The molecule has 0 saturated heterocycles. The van der Waals surface area contributed by atoms with E-state index in [1.165, 1.54) is 22.6 Å². The highest BCUT2D eigenvalue weighted by Gasteiger charge is 2.18. The SMILES string of the molecule is CC1CC=CCC1COCc1ccc(CN)s1. The standard InChI is InChI=1S/C14H21NOS/c1-11-4-2-3-5-12(11)9-16-10-14-7-6-13(8-15)17-14/h2-3,6-7,11-12H,4-5,8-10,15H2,1H3. The lowest BCUT2D eigenvalue weighted by Crippen LogP contribution is -2.19. The Morgan fingerprint density at radius 2 is 2.06 bits per heavy atom. The number of rotatable bonds is 5. The Morgan fingerprint density at radius 1 is 1.29 bits per heavy atom. The fourth-order valence-corrected chi connectivity index (χ4v) is 2.99. The lowest BCUT2D eigenvalue weighted by molar-refractivity contribution is 0.0695. The maximum atomic E-state index is 5.82. The molecule has 0 amide bonds. The Hall–Kier alpha value is -0.640. The van der Waals surface area contributed by atoms with Crippen molar-refractivity contribution in [2.75, 3.05) is 6.61 Å². The lowest BCUT2D eigenvalue weighted by atomic mass is 9.85. The van der Waals surface area contributed by atoms with Crippen LogP contribution in [0.3, 0.4) is 0 Å². The van der Waals surface area contributed by atoms with Crippen molar-refractivity contribution >= 4 is 11.3 Å². The number of thiophene rings is 1. The summed E-state index contributed by atoms with van der Waals surface area (Å²) in [5.74, 6) is 1.44. The Balaban J connectivity index is 1.73. The summed E-state index contributed by atoms with van der Waals surface area (Å²) in [5, 5.41) is 0. The molecule has 0 aromatic carbocycles. The van der Waals surface area contributed by atoms with Crippen LogP contribution in [-0.2, 0) is 17.9 Å². The van der Waals surface area contributed by atoms with Gasteiger partial charge in [0.15, 0.2) is 0 Å². The van der Waals surface area contributed by atoms with Crippen LogP contribution < -0.4 is 5.73 Å². The van der Waals surface area contributed by atoms with E-state index in [0.717, 1.165) is 19.1 Å². The van der Waals surface area contributed by atoms with Crippen LogP contribution >= 0.6 is 11.3 Å². The molecule has 0 saturated carbocycles. The molecule has 0 aliphatic heterocycles. The fourth-order valence-electron chi connectivity index (χ4n) is 2.16. The molecule has 17 heavy (non-hydrogen) atoms. The molecule has 1 aliphatic rings. The number of nitrogens with two attached hydrogens (primary N) is 1. The maximum Gasteiger partial charge on any atom is 0.0809 e. The molecular formula is C14H21NOS. The summed E-state index contributed by atoms with van der Waals surface area (Å²) in [6.45, 7) is 4.56. The predicted octanol–water partition coefficient (Wildman–Crippen LogP) is 3.33. The van der Waals surface area contributed by atoms with Crippen molar-refractivity contribution in [1.82, 2.24) is 0 Å². The second kappa shape index (κ2) is 6.34. The number of allylic oxidation sites excluding steroid dienone is 2. The van der Waals surface area contributed by atoms with Crippen LogP contribution in [0.2, 0.25) is 0 Å². The molecule has 1 aromatic rings. The van der Waals surface area contributed by atoms with E-state index >= 15 is 0 Å². The van der Waals surface area contributed by atoms with Crippen LogP contribution in [0.5, 0.6) is 0 Å². The third kappa shape index (κ3) is 3.66. The van der Waals surface area contributed by atoms with Crippen molar-refractivity contribution in [2.24, 2.45) is 17.6 Å². The van der Waals surface area contributed by atoms with Crippen molar-refractivity contribution in [3.8, 4) is 0 Å². The highest BCUT2D eigenvalue weighted by Crippen LogP contribution is 2.25. The molecule has 2 nitrogen and oxygen atoms in total. The molecular weight excluding hydrogens is 230 g/mol. The number of hydrogen-bond donors (Lipinski definition) is 1. The monoisotopic (exact) mass is 251 g/mol. The predicted molar refractivity (Wildman–Crippen MR) is 72.9 cm³/mol. The Bertz CT molecular complexity index is 372. The molecule has 2 N–H and O–H groups in total. The van der Waals surface area contributed by atoms with E-state index in [9.17, 15) is 0 Å². The zero-order valence-electron chi connectivity index (χ0n) is 10.4. The van der Waals surface area contributed by atoms with Crippen molar-refractivity contribution in [3.05, 3.63) is 34.0 Å². The van der Waals surface area contributed by atoms with Gasteiger partial charge in [-0.05, 0) is 36.8 Å². The van der Waals surface area contributed by atoms with Gasteiger partial charge in [0.05, 0.1) is 13.2 Å².